The highest BCUT2D eigenvalue weighted by Gasteiger charge is 2.12. The lowest BCUT2D eigenvalue weighted by Gasteiger charge is -2.09. The van der Waals surface area contributed by atoms with Crippen LogP contribution in [0.1, 0.15) is 34.1 Å². The summed E-state index contributed by atoms with van der Waals surface area (Å²) in [5, 5.41) is 3.17. The first-order valence-corrected chi connectivity index (χ1v) is 6.91. The van der Waals surface area contributed by atoms with Crippen molar-refractivity contribution in [3.8, 4) is 0 Å². The van der Waals surface area contributed by atoms with E-state index in [1.807, 2.05) is 12.1 Å². The first kappa shape index (κ1) is 15.0. The molecular formula is C16H19N3O2. The van der Waals surface area contributed by atoms with Gasteiger partial charge in [0.1, 0.15) is 0 Å². The lowest BCUT2D eigenvalue weighted by Crippen LogP contribution is -2.11. The van der Waals surface area contributed by atoms with Crippen molar-refractivity contribution in [2.45, 2.75) is 27.3 Å². The van der Waals surface area contributed by atoms with E-state index in [1.165, 1.54) is 17.3 Å². The van der Waals surface area contributed by atoms with Crippen LogP contribution in [0.25, 0.3) is 0 Å². The van der Waals surface area contributed by atoms with E-state index < -0.39 is 0 Å². The van der Waals surface area contributed by atoms with Crippen molar-refractivity contribution in [2.75, 3.05) is 11.9 Å². The topological polar surface area (TPSA) is 64.1 Å². The third-order valence-electron chi connectivity index (χ3n) is 3.17. The van der Waals surface area contributed by atoms with Gasteiger partial charge in [-0.25, -0.2) is 14.8 Å². The molecule has 110 valence electrons. The van der Waals surface area contributed by atoms with Crippen LogP contribution in [0.2, 0.25) is 0 Å². The number of carbonyl (C=O) groups is 1. The predicted molar refractivity (Wildman–Crippen MR) is 81.2 cm³/mol. The highest BCUT2D eigenvalue weighted by atomic mass is 16.5. The second-order valence-corrected chi connectivity index (χ2v) is 4.69. The van der Waals surface area contributed by atoms with Gasteiger partial charge >= 0.3 is 5.97 Å². The van der Waals surface area contributed by atoms with Gasteiger partial charge in [-0.2, -0.15) is 0 Å². The van der Waals surface area contributed by atoms with Gasteiger partial charge in [-0.05, 0) is 31.9 Å². The fourth-order valence-corrected chi connectivity index (χ4v) is 1.94. The normalized spacial score (nSPS) is 10.2. The Morgan fingerprint density at radius 3 is 2.71 bits per heavy atom. The Hall–Kier alpha value is -2.43. The van der Waals surface area contributed by atoms with E-state index in [0.29, 0.717) is 30.4 Å². The lowest BCUT2D eigenvalue weighted by atomic mass is 10.1. The zero-order valence-electron chi connectivity index (χ0n) is 12.5. The molecule has 1 N–H and O–H groups in total. The summed E-state index contributed by atoms with van der Waals surface area (Å²) >= 11 is 0. The quantitative estimate of drug-likeness (QED) is 0.856. The molecular weight excluding hydrogens is 266 g/mol. The van der Waals surface area contributed by atoms with Crippen LogP contribution in [0.4, 0.5) is 5.95 Å². The monoisotopic (exact) mass is 285 g/mol. The van der Waals surface area contributed by atoms with Gasteiger partial charge in [0.25, 0.3) is 0 Å². The number of aryl methyl sites for hydroxylation is 2. The van der Waals surface area contributed by atoms with Crippen molar-refractivity contribution in [1.82, 2.24) is 9.97 Å². The standard InChI is InChI=1S/C16H19N3O2/c1-4-21-15(20)14-10-18-16(19-12(14)3)17-9-13-8-6-5-7-11(13)2/h5-8,10H,4,9H2,1-3H3,(H,17,18,19). The lowest BCUT2D eigenvalue weighted by molar-refractivity contribution is 0.0524. The van der Waals surface area contributed by atoms with E-state index in [4.69, 9.17) is 4.74 Å². The Morgan fingerprint density at radius 2 is 2.05 bits per heavy atom. The zero-order chi connectivity index (χ0) is 15.2. The first-order valence-electron chi connectivity index (χ1n) is 6.91. The molecule has 1 aromatic heterocycles. The minimum absolute atomic E-state index is 0.339. The molecule has 2 rings (SSSR count). The number of esters is 1. The van der Waals surface area contributed by atoms with Gasteiger partial charge < -0.3 is 10.1 Å². The van der Waals surface area contributed by atoms with Crippen molar-refractivity contribution in [2.24, 2.45) is 0 Å². The molecule has 0 atom stereocenters. The summed E-state index contributed by atoms with van der Waals surface area (Å²) in [6, 6.07) is 8.13. The summed E-state index contributed by atoms with van der Waals surface area (Å²) in [7, 11) is 0. The number of nitrogens with zero attached hydrogens (tertiary/aromatic N) is 2. The van der Waals surface area contributed by atoms with Crippen LogP contribution in [0, 0.1) is 13.8 Å². The third-order valence-corrected chi connectivity index (χ3v) is 3.17. The van der Waals surface area contributed by atoms with Crippen molar-refractivity contribution >= 4 is 11.9 Å². The number of ether oxygens (including phenoxy) is 1. The number of aromatic nitrogens is 2. The molecule has 21 heavy (non-hydrogen) atoms. The molecule has 0 spiro atoms. The van der Waals surface area contributed by atoms with Crippen molar-refractivity contribution in [3.05, 3.63) is 52.8 Å². The summed E-state index contributed by atoms with van der Waals surface area (Å²) in [5.41, 5.74) is 3.41. The Morgan fingerprint density at radius 1 is 1.29 bits per heavy atom. The Kier molecular flexibility index (Phi) is 4.87. The first-order chi connectivity index (χ1) is 10.1. The number of hydrogen-bond donors (Lipinski definition) is 1. The second-order valence-electron chi connectivity index (χ2n) is 4.69. The number of anilines is 1. The molecule has 0 amide bonds. The smallest absolute Gasteiger partial charge is 0.341 e. The van der Waals surface area contributed by atoms with Crippen LogP contribution in [0.15, 0.2) is 30.5 Å². The molecule has 5 nitrogen and oxygen atoms in total. The van der Waals surface area contributed by atoms with E-state index in [-0.39, 0.29) is 5.97 Å². The van der Waals surface area contributed by atoms with Gasteiger partial charge in [0.15, 0.2) is 0 Å². The molecule has 1 heterocycles. The Balaban J connectivity index is 2.07. The highest BCUT2D eigenvalue weighted by molar-refractivity contribution is 5.90. The number of benzene rings is 1. The van der Waals surface area contributed by atoms with Gasteiger partial charge in [-0.1, -0.05) is 24.3 Å². The largest absolute Gasteiger partial charge is 0.462 e. The van der Waals surface area contributed by atoms with Crippen LogP contribution in [0.5, 0.6) is 0 Å². The molecule has 0 aliphatic carbocycles. The molecule has 0 aliphatic rings. The molecule has 0 fully saturated rings. The number of nitrogens with one attached hydrogen (secondary N) is 1. The van der Waals surface area contributed by atoms with Crippen LogP contribution in [-0.2, 0) is 11.3 Å². The van der Waals surface area contributed by atoms with E-state index in [0.717, 1.165) is 0 Å². The summed E-state index contributed by atoms with van der Waals surface area (Å²) in [6.45, 7) is 6.59. The van der Waals surface area contributed by atoms with Crippen molar-refractivity contribution in [3.63, 3.8) is 0 Å². The summed E-state index contributed by atoms with van der Waals surface area (Å²) in [6.07, 6.45) is 1.50. The maximum Gasteiger partial charge on any atom is 0.341 e. The maximum atomic E-state index is 11.7. The third kappa shape index (κ3) is 3.78. The van der Waals surface area contributed by atoms with Gasteiger partial charge in [-0.3, -0.25) is 0 Å². The van der Waals surface area contributed by atoms with Crippen LogP contribution >= 0.6 is 0 Å². The van der Waals surface area contributed by atoms with E-state index in [9.17, 15) is 4.79 Å². The van der Waals surface area contributed by atoms with Crippen molar-refractivity contribution < 1.29 is 9.53 Å². The molecule has 2 aromatic rings. The van der Waals surface area contributed by atoms with Crippen LogP contribution in [-0.4, -0.2) is 22.5 Å². The zero-order valence-corrected chi connectivity index (χ0v) is 12.5. The minimum atomic E-state index is -0.388. The predicted octanol–water partition coefficient (Wildman–Crippen LogP) is 2.88. The molecule has 0 unspecified atom stereocenters. The molecule has 0 radical (unpaired) electrons. The fourth-order valence-electron chi connectivity index (χ4n) is 1.94. The van der Waals surface area contributed by atoms with Gasteiger partial charge in [-0.15, -0.1) is 0 Å². The molecule has 0 aliphatic heterocycles. The van der Waals surface area contributed by atoms with E-state index in [2.05, 4.69) is 34.3 Å². The van der Waals surface area contributed by atoms with Gasteiger partial charge in [0, 0.05) is 12.7 Å². The minimum Gasteiger partial charge on any atom is -0.462 e. The number of carbonyl (C=O) groups excluding carboxylic acids is 1. The van der Waals surface area contributed by atoms with Crippen LogP contribution < -0.4 is 5.32 Å². The number of rotatable bonds is 5. The van der Waals surface area contributed by atoms with Crippen LogP contribution in [0.3, 0.4) is 0 Å². The summed E-state index contributed by atoms with van der Waals surface area (Å²) < 4.78 is 4.95. The Bertz CT molecular complexity index is 641. The Labute approximate surface area is 124 Å². The maximum absolute atomic E-state index is 11.7. The molecule has 0 bridgehead atoms. The summed E-state index contributed by atoms with van der Waals surface area (Å²) in [5.74, 6) is 0.115. The molecule has 0 saturated carbocycles. The molecule has 0 saturated heterocycles. The summed E-state index contributed by atoms with van der Waals surface area (Å²) in [4.78, 5) is 20.1. The number of hydrogen-bond acceptors (Lipinski definition) is 5. The van der Waals surface area contributed by atoms with E-state index >= 15 is 0 Å². The SMILES string of the molecule is CCOC(=O)c1cnc(NCc2ccccc2C)nc1C. The van der Waals surface area contributed by atoms with Gasteiger partial charge in [0.05, 0.1) is 17.9 Å². The molecule has 5 heteroatoms. The van der Waals surface area contributed by atoms with E-state index in [1.54, 1.807) is 13.8 Å². The second kappa shape index (κ2) is 6.83. The highest BCUT2D eigenvalue weighted by Crippen LogP contribution is 2.11. The fraction of sp³-hybridized carbons (Fsp3) is 0.312. The van der Waals surface area contributed by atoms with Gasteiger partial charge in [0.2, 0.25) is 5.95 Å². The average molecular weight is 285 g/mol. The molecule has 1 aromatic carbocycles. The van der Waals surface area contributed by atoms with Crippen molar-refractivity contribution in [1.29, 1.82) is 0 Å². The average Bonchev–Trinajstić information content (AvgIpc) is 2.46.